The van der Waals surface area contributed by atoms with Crippen molar-refractivity contribution in [3.63, 3.8) is 0 Å². The first-order valence-electron chi connectivity index (χ1n) is 3.25. The van der Waals surface area contributed by atoms with Crippen molar-refractivity contribution in [2.24, 2.45) is 0 Å². The molecule has 0 saturated heterocycles. The summed E-state index contributed by atoms with van der Waals surface area (Å²) in [6.45, 7) is 2.46. The molecular weight excluding hydrogens is 151 g/mol. The Labute approximate surface area is 88.5 Å². The van der Waals surface area contributed by atoms with Crippen molar-refractivity contribution in [2.45, 2.75) is 6.92 Å². The van der Waals surface area contributed by atoms with Crippen molar-refractivity contribution < 1.29 is 9.84 Å². The molecule has 55 valence electrons. The number of hydrogen-bond acceptors (Lipinski definition) is 2. The van der Waals surface area contributed by atoms with Crippen molar-refractivity contribution in [1.82, 2.24) is 0 Å². The normalized spacial score (nSPS) is 8.45. The van der Waals surface area contributed by atoms with Crippen LogP contribution < -0.4 is 4.74 Å². The molecule has 0 aromatic heterocycles. The van der Waals surface area contributed by atoms with Gasteiger partial charge >= 0.3 is 0 Å². The minimum atomic E-state index is 0. The molecule has 0 aliphatic heterocycles. The topological polar surface area (TPSA) is 29.5 Å². The van der Waals surface area contributed by atoms with Crippen LogP contribution in [0.15, 0.2) is 24.3 Å². The van der Waals surface area contributed by atoms with Crippen LogP contribution in [0.2, 0.25) is 0 Å². The number of phenolic OH excluding ortho intramolecular Hbond substituents is 1. The molecule has 0 atom stereocenters. The maximum absolute atomic E-state index is 9.12. The van der Waals surface area contributed by atoms with E-state index in [0.29, 0.717) is 12.4 Å². The molecule has 0 bridgehead atoms. The summed E-state index contributed by atoms with van der Waals surface area (Å²) in [5, 5.41) is 9.12. The van der Waals surface area contributed by atoms with Crippen molar-refractivity contribution in [3.8, 4) is 11.5 Å². The van der Waals surface area contributed by atoms with E-state index in [4.69, 9.17) is 9.84 Å². The van der Waals surface area contributed by atoms with Gasteiger partial charge in [0.25, 0.3) is 0 Å². The summed E-state index contributed by atoms with van der Waals surface area (Å²) >= 11 is 0. The summed E-state index contributed by atoms with van der Waals surface area (Å²) in [4.78, 5) is 0. The first-order chi connectivity index (χ1) is 4.84. The second-order valence-electron chi connectivity index (χ2n) is 1.90. The molecule has 0 aliphatic carbocycles. The molecule has 0 heterocycles. The van der Waals surface area contributed by atoms with E-state index in [1.165, 1.54) is 0 Å². The molecule has 0 amide bonds. The molecule has 1 radical (unpaired) electrons. The van der Waals surface area contributed by atoms with Gasteiger partial charge < -0.3 is 9.84 Å². The third-order valence-corrected chi connectivity index (χ3v) is 1.17. The Balaban J connectivity index is 0.000001000. The predicted octanol–water partition coefficient (Wildman–Crippen LogP) is 1.41. The zero-order chi connectivity index (χ0) is 7.40. The average molecular weight is 161 g/mol. The fourth-order valence-electron chi connectivity index (χ4n) is 0.735. The van der Waals surface area contributed by atoms with Gasteiger partial charge in [0.15, 0.2) is 11.5 Å². The zero-order valence-electron chi connectivity index (χ0n) is 6.87. The number of para-hydroxylation sites is 2. The Morgan fingerprint density at radius 3 is 2.55 bits per heavy atom. The van der Waals surface area contributed by atoms with Gasteiger partial charge in [-0.2, -0.15) is 0 Å². The monoisotopic (exact) mass is 161 g/mol. The standard InChI is InChI=1S/C8H10O2.Na/c1-2-10-8-6-4-3-5-7(8)9;/h3-6,9H,2H2,1H3;. The van der Waals surface area contributed by atoms with Crippen molar-refractivity contribution in [3.05, 3.63) is 24.3 Å². The van der Waals surface area contributed by atoms with Crippen molar-refractivity contribution in [2.75, 3.05) is 6.61 Å². The van der Waals surface area contributed by atoms with E-state index in [0.717, 1.165) is 0 Å². The molecule has 1 aromatic rings. The minimum Gasteiger partial charge on any atom is -0.504 e. The second-order valence-corrected chi connectivity index (χ2v) is 1.90. The fourth-order valence-corrected chi connectivity index (χ4v) is 0.735. The number of aromatic hydroxyl groups is 1. The average Bonchev–Trinajstić information content (AvgIpc) is 1.94. The first kappa shape index (κ1) is 10.8. The first-order valence-corrected chi connectivity index (χ1v) is 3.25. The van der Waals surface area contributed by atoms with Crippen LogP contribution in [0.1, 0.15) is 6.92 Å². The number of ether oxygens (including phenoxy) is 1. The summed E-state index contributed by atoms with van der Waals surface area (Å²) in [6, 6.07) is 6.92. The molecule has 0 unspecified atom stereocenters. The summed E-state index contributed by atoms with van der Waals surface area (Å²) in [5.74, 6) is 0.745. The van der Waals surface area contributed by atoms with Crippen LogP contribution in [0, 0.1) is 0 Å². The van der Waals surface area contributed by atoms with E-state index < -0.39 is 0 Å². The minimum absolute atomic E-state index is 0. The van der Waals surface area contributed by atoms with E-state index in [9.17, 15) is 0 Å². The van der Waals surface area contributed by atoms with E-state index in [1.54, 1.807) is 18.2 Å². The third kappa shape index (κ3) is 3.14. The SMILES string of the molecule is CCOc1ccccc1O.[Na]. The van der Waals surface area contributed by atoms with Crippen LogP contribution in [-0.2, 0) is 0 Å². The molecule has 0 spiro atoms. The van der Waals surface area contributed by atoms with Gasteiger partial charge in [0.05, 0.1) is 6.61 Å². The summed E-state index contributed by atoms with van der Waals surface area (Å²) < 4.78 is 5.09. The Bertz CT molecular complexity index is 213. The molecule has 1 aromatic carbocycles. The molecule has 1 N–H and O–H groups in total. The Morgan fingerprint density at radius 2 is 2.00 bits per heavy atom. The van der Waals surface area contributed by atoms with Gasteiger partial charge in [-0.25, -0.2) is 0 Å². The van der Waals surface area contributed by atoms with Gasteiger partial charge in [0, 0.05) is 29.6 Å². The van der Waals surface area contributed by atoms with Gasteiger partial charge in [-0.15, -0.1) is 0 Å². The summed E-state index contributed by atoms with van der Waals surface area (Å²) in [6.07, 6.45) is 0. The number of phenols is 1. The maximum atomic E-state index is 9.12. The van der Waals surface area contributed by atoms with E-state index >= 15 is 0 Å². The Kier molecular flexibility index (Phi) is 5.38. The number of benzene rings is 1. The van der Waals surface area contributed by atoms with Gasteiger partial charge in [-0.3, -0.25) is 0 Å². The molecule has 3 heteroatoms. The van der Waals surface area contributed by atoms with E-state index in [2.05, 4.69) is 0 Å². The molecule has 1 rings (SSSR count). The Morgan fingerprint density at radius 1 is 1.36 bits per heavy atom. The van der Waals surface area contributed by atoms with Crippen molar-refractivity contribution >= 4 is 29.6 Å². The molecule has 0 fully saturated rings. The van der Waals surface area contributed by atoms with Crippen molar-refractivity contribution in [1.29, 1.82) is 0 Å². The van der Waals surface area contributed by atoms with Crippen LogP contribution in [0.3, 0.4) is 0 Å². The van der Waals surface area contributed by atoms with E-state index in [1.807, 2.05) is 13.0 Å². The number of rotatable bonds is 2. The molecule has 11 heavy (non-hydrogen) atoms. The van der Waals surface area contributed by atoms with Gasteiger partial charge in [-0.05, 0) is 19.1 Å². The predicted molar refractivity (Wildman–Crippen MR) is 45.0 cm³/mol. The molecule has 0 saturated carbocycles. The van der Waals surface area contributed by atoms with Gasteiger partial charge in [0.2, 0.25) is 0 Å². The van der Waals surface area contributed by atoms with Crippen LogP contribution >= 0.6 is 0 Å². The van der Waals surface area contributed by atoms with Gasteiger partial charge in [-0.1, -0.05) is 12.1 Å². The van der Waals surface area contributed by atoms with Crippen LogP contribution in [-0.4, -0.2) is 41.3 Å². The fraction of sp³-hybridized carbons (Fsp3) is 0.250. The summed E-state index contributed by atoms with van der Waals surface area (Å²) in [7, 11) is 0. The summed E-state index contributed by atoms with van der Waals surface area (Å²) in [5.41, 5.74) is 0. The Hall–Kier alpha value is -0.180. The second kappa shape index (κ2) is 5.47. The quantitative estimate of drug-likeness (QED) is 0.664. The van der Waals surface area contributed by atoms with Crippen LogP contribution in [0.5, 0.6) is 11.5 Å². The maximum Gasteiger partial charge on any atom is 0.160 e. The third-order valence-electron chi connectivity index (χ3n) is 1.17. The van der Waals surface area contributed by atoms with Gasteiger partial charge in [0.1, 0.15) is 0 Å². The van der Waals surface area contributed by atoms with E-state index in [-0.39, 0.29) is 35.3 Å². The molecule has 2 nitrogen and oxygen atoms in total. The number of hydrogen-bond donors (Lipinski definition) is 1. The van der Waals surface area contributed by atoms with Crippen LogP contribution in [0.25, 0.3) is 0 Å². The molecule has 0 aliphatic rings. The molecular formula is C8H10NaO2. The van der Waals surface area contributed by atoms with Crippen LogP contribution in [0.4, 0.5) is 0 Å². The largest absolute Gasteiger partial charge is 0.504 e. The smallest absolute Gasteiger partial charge is 0.160 e. The zero-order valence-corrected chi connectivity index (χ0v) is 8.87.